The number of benzene rings is 1. The van der Waals surface area contributed by atoms with Gasteiger partial charge in [0.05, 0.1) is 0 Å². The summed E-state index contributed by atoms with van der Waals surface area (Å²) in [5.41, 5.74) is 7.55. The lowest BCUT2D eigenvalue weighted by atomic mass is 9.56. The van der Waals surface area contributed by atoms with E-state index < -0.39 is 0 Å². The lowest BCUT2D eigenvalue weighted by molar-refractivity contribution is 0.344. The smallest absolute Gasteiger partial charge is 0.363 e. The average Bonchev–Trinajstić information content (AvgIpc) is 2.42. The molecule has 5 heteroatoms. The van der Waals surface area contributed by atoms with Gasteiger partial charge in [-0.25, -0.2) is 0 Å². The number of aromatic nitrogens is 1. The molecule has 0 fully saturated rings. The van der Waals surface area contributed by atoms with Crippen molar-refractivity contribution in [1.29, 1.82) is 0 Å². The van der Waals surface area contributed by atoms with E-state index in [-0.39, 0.29) is 6.92 Å². The van der Waals surface area contributed by atoms with Crippen LogP contribution in [0.15, 0.2) is 48.8 Å². The highest BCUT2D eigenvalue weighted by molar-refractivity contribution is 6.80. The monoisotopic (exact) mass is 260 g/mol. The Labute approximate surface area is 112 Å². The molecule has 2 N–H and O–H groups in total. The van der Waals surface area contributed by atoms with Gasteiger partial charge in [-0.1, -0.05) is 29.8 Å². The van der Waals surface area contributed by atoms with Crippen LogP contribution in [0.3, 0.4) is 0 Å². The van der Waals surface area contributed by atoms with E-state index in [0.717, 1.165) is 10.9 Å². The van der Waals surface area contributed by atoms with Gasteiger partial charge in [0.25, 0.3) is 0 Å². The van der Waals surface area contributed by atoms with Gasteiger partial charge >= 0.3 is 6.92 Å². The number of nitrogens with zero attached hydrogens (tertiary/aromatic N) is 1. The normalized spacial score (nSPS) is 10.3. The van der Waals surface area contributed by atoms with Crippen molar-refractivity contribution in [2.75, 3.05) is 13.2 Å². The van der Waals surface area contributed by atoms with Crippen molar-refractivity contribution in [3.63, 3.8) is 0 Å². The van der Waals surface area contributed by atoms with Crippen LogP contribution in [0.4, 0.5) is 0 Å². The molecule has 0 aliphatic carbocycles. The van der Waals surface area contributed by atoms with Crippen molar-refractivity contribution in [1.82, 2.24) is 4.98 Å². The number of halogens is 1. The summed E-state index contributed by atoms with van der Waals surface area (Å²) in [6.07, 6.45) is 3.54. The van der Waals surface area contributed by atoms with Crippen LogP contribution in [0.25, 0.3) is 0 Å². The van der Waals surface area contributed by atoms with E-state index in [4.69, 9.17) is 22.0 Å². The highest BCUT2D eigenvalue weighted by atomic mass is 35.5. The number of pyridine rings is 1. The molecule has 2 rings (SSSR count). The molecular weight excluding hydrogens is 246 g/mol. The van der Waals surface area contributed by atoms with Gasteiger partial charge in [-0.15, -0.1) is 0 Å². The van der Waals surface area contributed by atoms with Crippen molar-refractivity contribution in [2.24, 2.45) is 5.73 Å². The van der Waals surface area contributed by atoms with Crippen molar-refractivity contribution in [2.45, 2.75) is 0 Å². The minimum Gasteiger partial charge on any atom is -0.426 e. The maximum Gasteiger partial charge on any atom is 0.363 e. The largest absolute Gasteiger partial charge is 0.426 e. The quantitative estimate of drug-likeness (QED) is 0.810. The van der Waals surface area contributed by atoms with Gasteiger partial charge in [-0.05, 0) is 29.1 Å². The average molecular weight is 261 g/mol. The fourth-order valence-electron chi connectivity index (χ4n) is 1.74. The van der Waals surface area contributed by atoms with Crippen LogP contribution >= 0.6 is 11.6 Å². The maximum absolute atomic E-state index is 5.89. The first kappa shape index (κ1) is 13.1. The fraction of sp³-hybridized carbons (Fsp3) is 0.154. The third-order valence-electron chi connectivity index (χ3n) is 2.56. The minimum absolute atomic E-state index is 0.153. The molecule has 2 aromatic rings. The van der Waals surface area contributed by atoms with Crippen molar-refractivity contribution in [3.8, 4) is 0 Å². The summed E-state index contributed by atoms with van der Waals surface area (Å²) >= 11 is 5.89. The van der Waals surface area contributed by atoms with Crippen LogP contribution in [-0.4, -0.2) is 25.1 Å². The highest BCUT2D eigenvalue weighted by Gasteiger charge is 2.21. The number of hydrogen-bond donors (Lipinski definition) is 1. The first-order valence-electron chi connectivity index (χ1n) is 5.78. The predicted molar refractivity (Wildman–Crippen MR) is 75.7 cm³/mol. The van der Waals surface area contributed by atoms with Crippen LogP contribution < -0.4 is 16.7 Å². The van der Waals surface area contributed by atoms with Gasteiger partial charge in [0.2, 0.25) is 0 Å². The second kappa shape index (κ2) is 6.54. The first-order valence-corrected chi connectivity index (χ1v) is 6.16. The maximum atomic E-state index is 5.89. The molecule has 1 heterocycles. The van der Waals surface area contributed by atoms with Crippen LogP contribution in [0.2, 0.25) is 5.02 Å². The summed E-state index contributed by atoms with van der Waals surface area (Å²) in [5, 5.41) is 0.711. The van der Waals surface area contributed by atoms with Gasteiger partial charge in [0, 0.05) is 30.6 Å². The zero-order valence-electron chi connectivity index (χ0n) is 9.92. The second-order valence-corrected chi connectivity index (χ2v) is 4.31. The van der Waals surface area contributed by atoms with E-state index in [9.17, 15) is 0 Å². The molecule has 92 valence electrons. The van der Waals surface area contributed by atoms with Gasteiger partial charge in [0.1, 0.15) is 0 Å². The third kappa shape index (κ3) is 3.32. The van der Waals surface area contributed by atoms with Crippen LogP contribution in [0.1, 0.15) is 0 Å². The van der Waals surface area contributed by atoms with E-state index in [1.54, 1.807) is 12.4 Å². The highest BCUT2D eigenvalue weighted by Crippen LogP contribution is 2.04. The summed E-state index contributed by atoms with van der Waals surface area (Å²) < 4.78 is 5.80. The van der Waals surface area contributed by atoms with Gasteiger partial charge in [-0.2, -0.15) is 0 Å². The molecule has 1 aromatic heterocycles. The molecule has 0 aliphatic rings. The van der Waals surface area contributed by atoms with Crippen LogP contribution in [0, 0.1) is 0 Å². The van der Waals surface area contributed by atoms with E-state index in [0.29, 0.717) is 18.2 Å². The molecule has 18 heavy (non-hydrogen) atoms. The molecule has 3 nitrogen and oxygen atoms in total. The topological polar surface area (TPSA) is 48.1 Å². The van der Waals surface area contributed by atoms with Gasteiger partial charge < -0.3 is 10.4 Å². The SMILES string of the molecule is NCCOB(c1ccc(Cl)cc1)c1cccnc1. The lowest BCUT2D eigenvalue weighted by Crippen LogP contribution is -2.46. The standard InChI is InChI=1S/C13H14BClN2O/c15-13-5-3-11(4-6-13)14(18-9-7-16)12-2-1-8-17-10-12/h1-6,8,10H,7,9,16H2. The Morgan fingerprint density at radius 3 is 2.56 bits per heavy atom. The Bertz CT molecular complexity index is 478. The molecular formula is C13H14BClN2O. The Balaban J connectivity index is 2.27. The molecule has 0 atom stereocenters. The Morgan fingerprint density at radius 2 is 1.94 bits per heavy atom. The van der Waals surface area contributed by atoms with Gasteiger partial charge in [0.15, 0.2) is 0 Å². The number of rotatable bonds is 5. The molecule has 0 aliphatic heterocycles. The van der Waals surface area contributed by atoms with Crippen molar-refractivity contribution < 1.29 is 4.65 Å². The van der Waals surface area contributed by atoms with Crippen molar-refractivity contribution in [3.05, 3.63) is 53.8 Å². The number of hydrogen-bond acceptors (Lipinski definition) is 3. The predicted octanol–water partition coefficient (Wildman–Crippen LogP) is 0.816. The fourth-order valence-corrected chi connectivity index (χ4v) is 1.87. The molecule has 0 unspecified atom stereocenters. The zero-order chi connectivity index (χ0) is 12.8. The molecule has 0 amide bonds. The summed E-state index contributed by atoms with van der Waals surface area (Å²) in [7, 11) is 0. The Hall–Kier alpha value is -1.36. The zero-order valence-corrected chi connectivity index (χ0v) is 10.7. The first-order chi connectivity index (χ1) is 8.81. The van der Waals surface area contributed by atoms with Crippen molar-refractivity contribution >= 4 is 29.4 Å². The Kier molecular flexibility index (Phi) is 4.76. The van der Waals surface area contributed by atoms with Crippen LogP contribution in [-0.2, 0) is 4.65 Å². The third-order valence-corrected chi connectivity index (χ3v) is 2.81. The molecule has 0 bridgehead atoms. The van der Waals surface area contributed by atoms with Crippen LogP contribution in [0.5, 0.6) is 0 Å². The molecule has 0 saturated carbocycles. The van der Waals surface area contributed by atoms with Gasteiger partial charge in [-0.3, -0.25) is 4.98 Å². The molecule has 1 aromatic carbocycles. The van der Waals surface area contributed by atoms with E-state index in [1.165, 1.54) is 0 Å². The lowest BCUT2D eigenvalue weighted by Gasteiger charge is -2.14. The summed E-state index contributed by atoms with van der Waals surface area (Å²) in [6.45, 7) is 0.839. The second-order valence-electron chi connectivity index (χ2n) is 3.88. The Morgan fingerprint density at radius 1 is 1.17 bits per heavy atom. The van der Waals surface area contributed by atoms with E-state index in [1.807, 2.05) is 36.4 Å². The summed E-state index contributed by atoms with van der Waals surface area (Å²) in [4.78, 5) is 4.12. The number of nitrogens with two attached hydrogens (primary N) is 1. The molecule has 0 radical (unpaired) electrons. The molecule has 0 spiro atoms. The van der Waals surface area contributed by atoms with E-state index in [2.05, 4.69) is 4.98 Å². The van der Waals surface area contributed by atoms with E-state index >= 15 is 0 Å². The molecule has 0 saturated heterocycles. The summed E-state index contributed by atoms with van der Waals surface area (Å²) in [6, 6.07) is 11.5. The summed E-state index contributed by atoms with van der Waals surface area (Å²) in [5.74, 6) is 0. The minimum atomic E-state index is -0.153.